The third-order valence-electron chi connectivity index (χ3n) is 4.45. The van der Waals surface area contributed by atoms with Gasteiger partial charge in [0.05, 0.1) is 0 Å². The number of ether oxygens (including phenoxy) is 2. The Labute approximate surface area is 169 Å². The summed E-state index contributed by atoms with van der Waals surface area (Å²) in [5.74, 6) is -0.380. The van der Waals surface area contributed by atoms with Gasteiger partial charge in [-0.1, -0.05) is 6.07 Å². The molecular formula is C22H24N2O5. The highest BCUT2D eigenvalue weighted by Gasteiger charge is 2.21. The molecule has 0 radical (unpaired) electrons. The molecule has 0 spiro atoms. The molecule has 0 saturated carbocycles. The summed E-state index contributed by atoms with van der Waals surface area (Å²) in [5.41, 5.74) is 3.44. The smallest absolute Gasteiger partial charge is 0.344 e. The largest absolute Gasteiger partial charge is 0.482 e. The number of carbonyl (C=O) groups excluding carboxylic acids is 3. The Bertz CT molecular complexity index is 888. The highest BCUT2D eigenvalue weighted by Crippen LogP contribution is 2.23. The number of benzene rings is 2. The summed E-state index contributed by atoms with van der Waals surface area (Å²) in [6.45, 7) is 3.93. The Morgan fingerprint density at radius 2 is 1.72 bits per heavy atom. The van der Waals surface area contributed by atoms with Crippen LogP contribution in [0, 0.1) is 13.8 Å². The van der Waals surface area contributed by atoms with Gasteiger partial charge in [0.1, 0.15) is 5.75 Å². The zero-order valence-electron chi connectivity index (χ0n) is 16.6. The Morgan fingerprint density at radius 1 is 1.03 bits per heavy atom. The van der Waals surface area contributed by atoms with Crippen molar-refractivity contribution >= 4 is 29.2 Å². The lowest BCUT2D eigenvalue weighted by molar-refractivity contribution is -0.149. The van der Waals surface area contributed by atoms with Crippen molar-refractivity contribution in [2.75, 3.05) is 30.0 Å². The van der Waals surface area contributed by atoms with Gasteiger partial charge in [0.25, 0.3) is 5.91 Å². The van der Waals surface area contributed by atoms with Crippen LogP contribution in [0.1, 0.15) is 24.0 Å². The average molecular weight is 396 g/mol. The number of aryl methyl sites for hydroxylation is 2. The predicted molar refractivity (Wildman–Crippen MR) is 109 cm³/mol. The lowest BCUT2D eigenvalue weighted by atomic mass is 10.1. The Hall–Kier alpha value is -3.35. The van der Waals surface area contributed by atoms with Gasteiger partial charge >= 0.3 is 5.97 Å². The molecule has 7 heteroatoms. The molecular weight excluding hydrogens is 372 g/mol. The van der Waals surface area contributed by atoms with Crippen LogP contribution in [0.3, 0.4) is 0 Å². The van der Waals surface area contributed by atoms with Gasteiger partial charge in [0.15, 0.2) is 13.2 Å². The van der Waals surface area contributed by atoms with E-state index < -0.39 is 18.5 Å². The second kappa shape index (κ2) is 9.23. The fourth-order valence-electron chi connectivity index (χ4n) is 3.19. The van der Waals surface area contributed by atoms with Crippen molar-refractivity contribution in [3.8, 4) is 5.75 Å². The van der Waals surface area contributed by atoms with Crippen LogP contribution in [-0.2, 0) is 19.1 Å². The Balaban J connectivity index is 1.42. The summed E-state index contributed by atoms with van der Waals surface area (Å²) < 4.78 is 10.4. The van der Waals surface area contributed by atoms with Crippen LogP contribution in [0.25, 0.3) is 0 Å². The van der Waals surface area contributed by atoms with Crippen molar-refractivity contribution in [1.82, 2.24) is 0 Å². The van der Waals surface area contributed by atoms with Crippen LogP contribution in [0.4, 0.5) is 11.4 Å². The van der Waals surface area contributed by atoms with Crippen molar-refractivity contribution in [2.24, 2.45) is 0 Å². The maximum absolute atomic E-state index is 12.0. The quantitative estimate of drug-likeness (QED) is 0.728. The topological polar surface area (TPSA) is 84.9 Å². The van der Waals surface area contributed by atoms with Crippen LogP contribution >= 0.6 is 0 Å². The minimum Gasteiger partial charge on any atom is -0.482 e. The molecule has 2 aromatic rings. The first-order chi connectivity index (χ1) is 13.9. The van der Waals surface area contributed by atoms with Crippen molar-refractivity contribution < 1.29 is 23.9 Å². The molecule has 0 bridgehead atoms. The monoisotopic (exact) mass is 396 g/mol. The molecule has 1 heterocycles. The molecule has 3 rings (SSSR count). The molecule has 1 fully saturated rings. The summed E-state index contributed by atoms with van der Waals surface area (Å²) >= 11 is 0. The second-order valence-electron chi connectivity index (χ2n) is 7.02. The summed E-state index contributed by atoms with van der Waals surface area (Å²) in [5, 5.41) is 2.65. The van der Waals surface area contributed by atoms with Gasteiger partial charge in [-0.2, -0.15) is 0 Å². The van der Waals surface area contributed by atoms with Crippen molar-refractivity contribution in [3.63, 3.8) is 0 Å². The maximum Gasteiger partial charge on any atom is 0.344 e. The van der Waals surface area contributed by atoms with Crippen LogP contribution in [-0.4, -0.2) is 37.5 Å². The maximum atomic E-state index is 12.0. The molecule has 152 valence electrons. The highest BCUT2D eigenvalue weighted by molar-refractivity contribution is 5.96. The number of anilines is 2. The van der Waals surface area contributed by atoms with Gasteiger partial charge < -0.3 is 19.7 Å². The van der Waals surface area contributed by atoms with Gasteiger partial charge in [-0.05, 0) is 67.8 Å². The fraction of sp³-hybridized carbons (Fsp3) is 0.318. The number of esters is 1. The van der Waals surface area contributed by atoms with Crippen molar-refractivity contribution in [1.29, 1.82) is 0 Å². The number of nitrogens with zero attached hydrogens (tertiary/aromatic N) is 1. The number of rotatable bonds is 7. The molecule has 1 N–H and O–H groups in total. The lowest BCUT2D eigenvalue weighted by Gasteiger charge is -2.16. The lowest BCUT2D eigenvalue weighted by Crippen LogP contribution is -2.24. The fourth-order valence-corrected chi connectivity index (χ4v) is 3.19. The van der Waals surface area contributed by atoms with E-state index >= 15 is 0 Å². The third-order valence-corrected chi connectivity index (χ3v) is 4.45. The van der Waals surface area contributed by atoms with E-state index in [-0.39, 0.29) is 12.5 Å². The molecule has 0 aliphatic carbocycles. The minimum absolute atomic E-state index is 0.108. The molecule has 29 heavy (non-hydrogen) atoms. The molecule has 7 nitrogen and oxygen atoms in total. The molecule has 0 aromatic heterocycles. The van der Waals surface area contributed by atoms with E-state index in [9.17, 15) is 14.4 Å². The standard InChI is InChI=1S/C22H24N2O5/c1-15-10-16(2)12-19(11-15)28-14-22(27)29-13-20(25)23-17-5-7-18(8-6-17)24-9-3-4-21(24)26/h5-8,10-12H,3-4,9,13-14H2,1-2H3,(H,23,25). The molecule has 2 aromatic carbocycles. The summed E-state index contributed by atoms with van der Waals surface area (Å²) in [6.07, 6.45) is 1.42. The van der Waals surface area contributed by atoms with Crippen LogP contribution < -0.4 is 15.0 Å². The highest BCUT2D eigenvalue weighted by atomic mass is 16.6. The van der Waals surface area contributed by atoms with Crippen molar-refractivity contribution in [2.45, 2.75) is 26.7 Å². The second-order valence-corrected chi connectivity index (χ2v) is 7.02. The first kappa shape index (κ1) is 20.4. The van der Waals surface area contributed by atoms with E-state index in [1.165, 1.54) is 0 Å². The molecule has 2 amide bonds. The van der Waals surface area contributed by atoms with Gasteiger partial charge in [-0.25, -0.2) is 4.79 Å². The normalized spacial score (nSPS) is 13.3. The van der Waals surface area contributed by atoms with E-state index in [2.05, 4.69) is 5.32 Å². The average Bonchev–Trinajstić information content (AvgIpc) is 3.10. The molecule has 1 aliphatic heterocycles. The zero-order valence-corrected chi connectivity index (χ0v) is 16.6. The predicted octanol–water partition coefficient (Wildman–Crippen LogP) is 2.99. The third kappa shape index (κ3) is 5.81. The van der Waals surface area contributed by atoms with E-state index in [0.717, 1.165) is 23.2 Å². The number of nitrogens with one attached hydrogen (secondary N) is 1. The van der Waals surface area contributed by atoms with Gasteiger partial charge in [-0.3, -0.25) is 9.59 Å². The summed E-state index contributed by atoms with van der Waals surface area (Å²) in [4.78, 5) is 37.3. The van der Waals surface area contributed by atoms with Gasteiger partial charge in [0.2, 0.25) is 5.91 Å². The van der Waals surface area contributed by atoms with Gasteiger partial charge in [-0.15, -0.1) is 0 Å². The SMILES string of the molecule is Cc1cc(C)cc(OCC(=O)OCC(=O)Nc2ccc(N3CCCC3=O)cc2)c1. The summed E-state index contributed by atoms with van der Waals surface area (Å²) in [6, 6.07) is 12.6. The molecule has 1 saturated heterocycles. The number of amides is 2. The van der Waals surface area contributed by atoms with Gasteiger partial charge in [0, 0.05) is 24.3 Å². The first-order valence-corrected chi connectivity index (χ1v) is 9.48. The van der Waals surface area contributed by atoms with E-state index in [1.807, 2.05) is 32.0 Å². The molecule has 0 atom stereocenters. The van der Waals surface area contributed by atoms with E-state index in [0.29, 0.717) is 24.4 Å². The van der Waals surface area contributed by atoms with Crippen LogP contribution in [0.2, 0.25) is 0 Å². The molecule has 1 aliphatic rings. The first-order valence-electron chi connectivity index (χ1n) is 9.48. The summed E-state index contributed by atoms with van der Waals surface area (Å²) in [7, 11) is 0. The number of carbonyl (C=O) groups is 3. The van der Waals surface area contributed by atoms with E-state index in [4.69, 9.17) is 9.47 Å². The Morgan fingerprint density at radius 3 is 2.34 bits per heavy atom. The van der Waals surface area contributed by atoms with Crippen molar-refractivity contribution in [3.05, 3.63) is 53.6 Å². The van der Waals surface area contributed by atoms with Crippen LogP contribution in [0.15, 0.2) is 42.5 Å². The zero-order chi connectivity index (χ0) is 20.8. The number of hydrogen-bond donors (Lipinski definition) is 1. The Kier molecular flexibility index (Phi) is 6.49. The molecule has 0 unspecified atom stereocenters. The van der Waals surface area contributed by atoms with E-state index in [1.54, 1.807) is 29.2 Å². The number of hydrogen-bond acceptors (Lipinski definition) is 5. The van der Waals surface area contributed by atoms with Crippen LogP contribution in [0.5, 0.6) is 5.75 Å². The minimum atomic E-state index is -0.623.